The molecule has 1 aliphatic rings. The summed E-state index contributed by atoms with van der Waals surface area (Å²) in [4.78, 5) is 8.14. The largest absolute Gasteiger partial charge is 0.391 e. The van der Waals surface area contributed by atoms with Crippen LogP contribution >= 0.6 is 11.3 Å². The van der Waals surface area contributed by atoms with Crippen LogP contribution in [0.3, 0.4) is 0 Å². The average Bonchev–Trinajstić information content (AvgIpc) is 2.74. The lowest BCUT2D eigenvalue weighted by atomic mass is 10.00. The third-order valence-electron chi connectivity index (χ3n) is 3.45. The van der Waals surface area contributed by atoms with Gasteiger partial charge in [0.1, 0.15) is 0 Å². The number of aliphatic hydroxyl groups excluding tert-OH is 1. The Hall–Kier alpha value is -0.610. The fourth-order valence-corrected chi connectivity index (χ4v) is 3.28. The van der Waals surface area contributed by atoms with Gasteiger partial charge in [-0.1, -0.05) is 31.6 Å². The predicted molar refractivity (Wildman–Crippen MR) is 72.6 cm³/mol. The normalized spacial score (nSPS) is 17.7. The van der Waals surface area contributed by atoms with E-state index in [2.05, 4.69) is 18.7 Å². The second kappa shape index (κ2) is 5.83. The van der Waals surface area contributed by atoms with Gasteiger partial charge in [0.15, 0.2) is 5.13 Å². The van der Waals surface area contributed by atoms with Crippen LogP contribution in [-0.2, 0) is 13.0 Å². The molecule has 17 heavy (non-hydrogen) atoms. The molecule has 1 saturated heterocycles. The maximum atomic E-state index is 9.35. The van der Waals surface area contributed by atoms with Crippen LogP contribution in [0.2, 0.25) is 0 Å². The topological polar surface area (TPSA) is 36.4 Å². The van der Waals surface area contributed by atoms with Crippen LogP contribution in [0.1, 0.15) is 43.7 Å². The number of anilines is 1. The first kappa shape index (κ1) is 12.8. The Bertz CT molecular complexity index is 356. The smallest absolute Gasteiger partial charge is 0.185 e. The van der Waals surface area contributed by atoms with Crippen molar-refractivity contribution in [1.29, 1.82) is 0 Å². The Morgan fingerprint density at radius 2 is 2.12 bits per heavy atom. The van der Waals surface area contributed by atoms with Crippen molar-refractivity contribution < 1.29 is 5.11 Å². The molecule has 1 aromatic heterocycles. The molecule has 1 aliphatic heterocycles. The highest BCUT2D eigenvalue weighted by Crippen LogP contribution is 2.30. The van der Waals surface area contributed by atoms with Crippen LogP contribution in [-0.4, -0.2) is 23.2 Å². The van der Waals surface area contributed by atoms with Gasteiger partial charge in [0.2, 0.25) is 0 Å². The van der Waals surface area contributed by atoms with E-state index in [1.54, 1.807) is 11.3 Å². The minimum atomic E-state index is 0.136. The van der Waals surface area contributed by atoms with Crippen LogP contribution in [0.5, 0.6) is 0 Å². The Morgan fingerprint density at radius 3 is 2.71 bits per heavy atom. The van der Waals surface area contributed by atoms with E-state index in [1.807, 2.05) is 0 Å². The lowest BCUT2D eigenvalue weighted by molar-refractivity contribution is 0.284. The van der Waals surface area contributed by atoms with Crippen LogP contribution in [0, 0.1) is 5.92 Å². The molecule has 4 heteroatoms. The molecule has 0 aliphatic carbocycles. The number of hydrogen-bond acceptors (Lipinski definition) is 4. The molecule has 96 valence electrons. The van der Waals surface area contributed by atoms with Gasteiger partial charge in [0, 0.05) is 13.1 Å². The lowest BCUT2D eigenvalue weighted by Gasteiger charge is -2.29. The molecule has 0 spiro atoms. The van der Waals surface area contributed by atoms with Crippen molar-refractivity contribution in [1.82, 2.24) is 4.98 Å². The first-order valence-electron chi connectivity index (χ1n) is 6.59. The molecule has 1 N–H and O–H groups in total. The fraction of sp³-hybridized carbons (Fsp3) is 0.769. The number of piperidine rings is 1. The standard InChI is InChI=1S/C13H22N2OS/c1-3-4-11-12(9-16)17-13(14-11)15-7-5-10(2)6-8-15/h10,16H,3-9H2,1-2H3. The monoisotopic (exact) mass is 254 g/mol. The summed E-state index contributed by atoms with van der Waals surface area (Å²) >= 11 is 1.67. The number of rotatable bonds is 4. The van der Waals surface area contributed by atoms with E-state index in [-0.39, 0.29) is 6.61 Å². The molecule has 3 nitrogen and oxygen atoms in total. The second-order valence-electron chi connectivity index (χ2n) is 4.94. The maximum absolute atomic E-state index is 9.35. The third kappa shape index (κ3) is 2.99. The highest BCUT2D eigenvalue weighted by atomic mass is 32.1. The molecule has 1 fully saturated rings. The molecule has 0 unspecified atom stereocenters. The molecule has 0 atom stereocenters. The lowest BCUT2D eigenvalue weighted by Crippen LogP contribution is -2.32. The zero-order chi connectivity index (χ0) is 12.3. The van der Waals surface area contributed by atoms with E-state index in [9.17, 15) is 5.11 Å². The van der Waals surface area contributed by atoms with Crippen LogP contribution in [0.4, 0.5) is 5.13 Å². The van der Waals surface area contributed by atoms with Gasteiger partial charge in [0.25, 0.3) is 0 Å². The minimum Gasteiger partial charge on any atom is -0.391 e. The molecule has 0 saturated carbocycles. The van der Waals surface area contributed by atoms with Gasteiger partial charge in [-0.05, 0) is 25.2 Å². The maximum Gasteiger partial charge on any atom is 0.185 e. The van der Waals surface area contributed by atoms with Crippen molar-refractivity contribution in [2.75, 3.05) is 18.0 Å². The van der Waals surface area contributed by atoms with E-state index in [0.29, 0.717) is 0 Å². The zero-order valence-corrected chi connectivity index (χ0v) is 11.6. The van der Waals surface area contributed by atoms with Crippen LogP contribution in [0.25, 0.3) is 0 Å². The number of thiazole rings is 1. The molecule has 1 aromatic rings. The summed E-state index contributed by atoms with van der Waals surface area (Å²) in [6, 6.07) is 0. The summed E-state index contributed by atoms with van der Waals surface area (Å²) in [7, 11) is 0. The van der Waals surface area contributed by atoms with E-state index >= 15 is 0 Å². The summed E-state index contributed by atoms with van der Waals surface area (Å²) in [5, 5.41) is 10.5. The first-order chi connectivity index (χ1) is 8.24. The van der Waals surface area contributed by atoms with Crippen molar-refractivity contribution in [2.24, 2.45) is 5.92 Å². The van der Waals surface area contributed by atoms with Gasteiger partial charge < -0.3 is 10.0 Å². The van der Waals surface area contributed by atoms with Gasteiger partial charge in [0.05, 0.1) is 17.2 Å². The minimum absolute atomic E-state index is 0.136. The third-order valence-corrected chi connectivity index (χ3v) is 4.59. The highest BCUT2D eigenvalue weighted by molar-refractivity contribution is 7.15. The Labute approximate surface area is 107 Å². The van der Waals surface area contributed by atoms with Crippen LogP contribution in [0.15, 0.2) is 0 Å². The summed E-state index contributed by atoms with van der Waals surface area (Å²) in [6.07, 6.45) is 4.60. The molecule has 0 bridgehead atoms. The van der Waals surface area contributed by atoms with Crippen molar-refractivity contribution in [3.63, 3.8) is 0 Å². The van der Waals surface area contributed by atoms with E-state index < -0.39 is 0 Å². The van der Waals surface area contributed by atoms with Gasteiger partial charge >= 0.3 is 0 Å². The average molecular weight is 254 g/mol. The van der Waals surface area contributed by atoms with Crippen LogP contribution < -0.4 is 4.90 Å². The van der Waals surface area contributed by atoms with Gasteiger partial charge in [-0.3, -0.25) is 0 Å². The Morgan fingerprint density at radius 1 is 1.41 bits per heavy atom. The first-order valence-corrected chi connectivity index (χ1v) is 7.40. The number of hydrogen-bond donors (Lipinski definition) is 1. The number of aromatic nitrogens is 1. The number of aryl methyl sites for hydroxylation is 1. The quantitative estimate of drug-likeness (QED) is 0.897. The van der Waals surface area contributed by atoms with Gasteiger partial charge in [-0.2, -0.15) is 0 Å². The van der Waals surface area contributed by atoms with E-state index in [0.717, 1.165) is 47.6 Å². The number of aliphatic hydroxyl groups is 1. The van der Waals surface area contributed by atoms with Gasteiger partial charge in [-0.15, -0.1) is 0 Å². The molecular formula is C13H22N2OS. The highest BCUT2D eigenvalue weighted by Gasteiger charge is 2.20. The van der Waals surface area contributed by atoms with Crippen molar-refractivity contribution in [3.05, 3.63) is 10.6 Å². The second-order valence-corrected chi connectivity index (χ2v) is 6.01. The SMILES string of the molecule is CCCc1nc(N2CCC(C)CC2)sc1CO. The summed E-state index contributed by atoms with van der Waals surface area (Å²) in [6.45, 7) is 6.84. The van der Waals surface area contributed by atoms with E-state index in [4.69, 9.17) is 4.98 Å². The fourth-order valence-electron chi connectivity index (χ4n) is 2.26. The van der Waals surface area contributed by atoms with Gasteiger partial charge in [-0.25, -0.2) is 4.98 Å². The Balaban J connectivity index is 2.10. The molecule has 0 radical (unpaired) electrons. The number of nitrogens with zero attached hydrogens (tertiary/aromatic N) is 2. The van der Waals surface area contributed by atoms with E-state index in [1.165, 1.54) is 12.8 Å². The summed E-state index contributed by atoms with van der Waals surface area (Å²) in [5.74, 6) is 0.846. The summed E-state index contributed by atoms with van der Waals surface area (Å²) in [5.41, 5.74) is 1.11. The van der Waals surface area contributed by atoms with Crippen molar-refractivity contribution >= 4 is 16.5 Å². The predicted octanol–water partition coefficient (Wildman–Crippen LogP) is 2.82. The van der Waals surface area contributed by atoms with Crippen molar-refractivity contribution in [2.45, 2.75) is 46.1 Å². The molecular weight excluding hydrogens is 232 g/mol. The Kier molecular flexibility index (Phi) is 4.40. The van der Waals surface area contributed by atoms with Crippen molar-refractivity contribution in [3.8, 4) is 0 Å². The summed E-state index contributed by atoms with van der Waals surface area (Å²) < 4.78 is 0. The molecule has 0 aromatic carbocycles. The zero-order valence-electron chi connectivity index (χ0n) is 10.8. The molecule has 2 heterocycles. The molecule has 0 amide bonds. The molecule has 2 rings (SSSR count).